The predicted molar refractivity (Wildman–Crippen MR) is 100 cm³/mol. The van der Waals surface area contributed by atoms with Crippen LogP contribution in [0.15, 0.2) is 54.6 Å². The number of para-hydroxylation sites is 3. The monoisotopic (exact) mass is 367 g/mol. The van der Waals surface area contributed by atoms with Gasteiger partial charge in [-0.25, -0.2) is 4.79 Å². The van der Waals surface area contributed by atoms with Crippen molar-refractivity contribution in [3.05, 3.63) is 54.6 Å². The lowest BCUT2D eigenvalue weighted by Crippen LogP contribution is -2.47. The van der Waals surface area contributed by atoms with Crippen molar-refractivity contribution in [2.24, 2.45) is 0 Å². The molecule has 4 rings (SSSR count). The molecule has 0 saturated carbocycles. The van der Waals surface area contributed by atoms with Gasteiger partial charge in [0.1, 0.15) is 6.61 Å². The van der Waals surface area contributed by atoms with Crippen LogP contribution in [0, 0.1) is 0 Å². The number of carbonyl (C=O) groups excluding carboxylic acids is 2. The summed E-state index contributed by atoms with van der Waals surface area (Å²) in [5.41, 5.74) is 0.846. The van der Waals surface area contributed by atoms with E-state index in [9.17, 15) is 9.59 Å². The van der Waals surface area contributed by atoms with Gasteiger partial charge in [-0.3, -0.25) is 4.79 Å². The number of hydrogen-bond donors (Lipinski definition) is 2. The first-order chi connectivity index (χ1) is 13.2. The molecule has 7 heteroatoms. The van der Waals surface area contributed by atoms with Crippen LogP contribution in [-0.4, -0.2) is 43.8 Å². The highest BCUT2D eigenvalue weighted by atomic mass is 16.6. The van der Waals surface area contributed by atoms with Crippen molar-refractivity contribution in [3.63, 3.8) is 0 Å². The van der Waals surface area contributed by atoms with E-state index in [0.717, 1.165) is 5.69 Å². The number of ether oxygens (including phenoxy) is 2. The molecule has 7 nitrogen and oxygen atoms in total. The fourth-order valence-electron chi connectivity index (χ4n) is 3.27. The maximum atomic E-state index is 12.2. The van der Waals surface area contributed by atoms with E-state index in [1.165, 1.54) is 0 Å². The second kappa shape index (κ2) is 7.57. The van der Waals surface area contributed by atoms with E-state index in [4.69, 9.17) is 9.47 Å². The molecule has 1 fully saturated rings. The first-order valence-electron chi connectivity index (χ1n) is 8.97. The number of anilines is 1. The van der Waals surface area contributed by atoms with Gasteiger partial charge in [0.05, 0.1) is 12.6 Å². The Balaban J connectivity index is 1.25. The number of fused-ring (bicyclic) bond motifs is 1. The lowest BCUT2D eigenvalue weighted by atomic mass is 10.2. The molecule has 2 aromatic carbocycles. The molecule has 2 atom stereocenters. The highest BCUT2D eigenvalue weighted by Gasteiger charge is 2.31. The number of amides is 3. The van der Waals surface area contributed by atoms with E-state index in [2.05, 4.69) is 10.6 Å². The molecule has 27 heavy (non-hydrogen) atoms. The van der Waals surface area contributed by atoms with E-state index in [1.807, 2.05) is 54.6 Å². The van der Waals surface area contributed by atoms with Crippen LogP contribution < -0.4 is 25.0 Å². The molecule has 0 aromatic heterocycles. The quantitative estimate of drug-likeness (QED) is 0.865. The minimum Gasteiger partial charge on any atom is -0.486 e. The second-order valence-electron chi connectivity index (χ2n) is 6.59. The van der Waals surface area contributed by atoms with E-state index in [1.54, 1.807) is 4.90 Å². The van der Waals surface area contributed by atoms with Crippen molar-refractivity contribution < 1.29 is 19.1 Å². The Hall–Kier alpha value is -3.22. The minimum atomic E-state index is -0.315. The van der Waals surface area contributed by atoms with Crippen molar-refractivity contribution >= 4 is 17.6 Å². The Bertz CT molecular complexity index is 827. The van der Waals surface area contributed by atoms with Crippen molar-refractivity contribution in [3.8, 4) is 11.5 Å². The molecule has 2 aromatic rings. The van der Waals surface area contributed by atoms with Gasteiger partial charge < -0.3 is 25.0 Å². The zero-order chi connectivity index (χ0) is 18.6. The summed E-state index contributed by atoms with van der Waals surface area (Å²) in [7, 11) is 0. The Morgan fingerprint density at radius 1 is 1.07 bits per heavy atom. The lowest BCUT2D eigenvalue weighted by molar-refractivity contribution is -0.117. The molecule has 3 amide bonds. The van der Waals surface area contributed by atoms with Gasteiger partial charge >= 0.3 is 6.03 Å². The first-order valence-corrected chi connectivity index (χ1v) is 8.97. The van der Waals surface area contributed by atoms with Crippen molar-refractivity contribution in [1.29, 1.82) is 0 Å². The molecule has 2 N–H and O–H groups in total. The highest BCUT2D eigenvalue weighted by Crippen LogP contribution is 2.30. The van der Waals surface area contributed by atoms with Gasteiger partial charge in [0.2, 0.25) is 5.91 Å². The Labute approximate surface area is 157 Å². The molecule has 0 aliphatic carbocycles. The average Bonchev–Trinajstić information content (AvgIpc) is 3.07. The number of urea groups is 1. The molecular weight excluding hydrogens is 346 g/mol. The molecule has 2 heterocycles. The fourth-order valence-corrected chi connectivity index (χ4v) is 3.27. The summed E-state index contributed by atoms with van der Waals surface area (Å²) >= 11 is 0. The standard InChI is InChI=1S/C20H21N3O4/c24-19-10-14(12-23(19)15-6-2-1-3-7-15)22-20(25)21-11-16-13-26-17-8-4-5-9-18(17)27-16/h1-9,14,16H,10-13H2,(H2,21,22,25)/t14-,16+/m1/s1. The van der Waals surface area contributed by atoms with E-state index in [0.29, 0.717) is 37.6 Å². The number of nitrogens with one attached hydrogen (secondary N) is 2. The van der Waals surface area contributed by atoms with Crippen LogP contribution in [0.4, 0.5) is 10.5 Å². The third-order valence-corrected chi connectivity index (χ3v) is 4.59. The topological polar surface area (TPSA) is 79.9 Å². The van der Waals surface area contributed by atoms with Gasteiger partial charge in [0.15, 0.2) is 17.6 Å². The number of carbonyl (C=O) groups is 2. The largest absolute Gasteiger partial charge is 0.486 e. The predicted octanol–water partition coefficient (Wildman–Crippen LogP) is 1.93. The summed E-state index contributed by atoms with van der Waals surface area (Å²) in [6.45, 7) is 1.16. The molecule has 140 valence electrons. The number of rotatable bonds is 4. The third kappa shape index (κ3) is 3.97. The number of hydrogen-bond acceptors (Lipinski definition) is 4. The van der Waals surface area contributed by atoms with E-state index < -0.39 is 0 Å². The smallest absolute Gasteiger partial charge is 0.315 e. The van der Waals surface area contributed by atoms with Gasteiger partial charge in [-0.1, -0.05) is 30.3 Å². The third-order valence-electron chi connectivity index (χ3n) is 4.59. The van der Waals surface area contributed by atoms with Crippen LogP contribution in [0.1, 0.15) is 6.42 Å². The molecular formula is C20H21N3O4. The summed E-state index contributed by atoms with van der Waals surface area (Å²) in [6.07, 6.45) is 0.0373. The summed E-state index contributed by atoms with van der Waals surface area (Å²) in [5, 5.41) is 5.65. The normalized spacial score (nSPS) is 21.0. The van der Waals surface area contributed by atoms with Crippen LogP contribution in [-0.2, 0) is 4.79 Å². The average molecular weight is 367 g/mol. The number of benzene rings is 2. The molecule has 0 spiro atoms. The van der Waals surface area contributed by atoms with Crippen molar-refractivity contribution in [2.75, 3.05) is 24.6 Å². The second-order valence-corrected chi connectivity index (χ2v) is 6.59. The summed E-state index contributed by atoms with van der Waals surface area (Å²) in [4.78, 5) is 26.1. The van der Waals surface area contributed by atoms with Gasteiger partial charge in [-0.2, -0.15) is 0 Å². The first kappa shape index (κ1) is 17.2. The molecule has 1 saturated heterocycles. The fraction of sp³-hybridized carbons (Fsp3) is 0.300. The van der Waals surface area contributed by atoms with Crippen LogP contribution in [0.5, 0.6) is 11.5 Å². The molecule has 2 aliphatic heterocycles. The van der Waals surface area contributed by atoms with Gasteiger partial charge in [0.25, 0.3) is 0 Å². The Morgan fingerprint density at radius 3 is 2.63 bits per heavy atom. The van der Waals surface area contributed by atoms with Gasteiger partial charge in [-0.05, 0) is 24.3 Å². The van der Waals surface area contributed by atoms with Crippen molar-refractivity contribution in [1.82, 2.24) is 10.6 Å². The zero-order valence-corrected chi connectivity index (χ0v) is 14.8. The van der Waals surface area contributed by atoms with Crippen LogP contribution >= 0.6 is 0 Å². The molecule has 0 radical (unpaired) electrons. The lowest BCUT2D eigenvalue weighted by Gasteiger charge is -2.26. The summed E-state index contributed by atoms with van der Waals surface area (Å²) in [6, 6.07) is 16.4. The molecule has 0 bridgehead atoms. The van der Waals surface area contributed by atoms with Gasteiger partial charge in [0, 0.05) is 18.7 Å². The van der Waals surface area contributed by atoms with Crippen LogP contribution in [0.2, 0.25) is 0 Å². The van der Waals surface area contributed by atoms with Crippen LogP contribution in [0.3, 0.4) is 0 Å². The maximum Gasteiger partial charge on any atom is 0.315 e. The van der Waals surface area contributed by atoms with Crippen molar-refractivity contribution in [2.45, 2.75) is 18.6 Å². The Kier molecular flexibility index (Phi) is 4.82. The number of nitrogens with zero attached hydrogens (tertiary/aromatic N) is 1. The summed E-state index contributed by atoms with van der Waals surface area (Å²) < 4.78 is 11.4. The summed E-state index contributed by atoms with van der Waals surface area (Å²) in [5.74, 6) is 1.40. The SMILES string of the molecule is O=C(NC[C@H]1COc2ccccc2O1)N[C@@H]1CC(=O)N(c2ccccc2)C1. The van der Waals surface area contributed by atoms with Gasteiger partial charge in [-0.15, -0.1) is 0 Å². The minimum absolute atomic E-state index is 0.00659. The Morgan fingerprint density at radius 2 is 1.81 bits per heavy atom. The maximum absolute atomic E-state index is 12.2. The van der Waals surface area contributed by atoms with E-state index >= 15 is 0 Å². The zero-order valence-electron chi connectivity index (χ0n) is 14.8. The van der Waals surface area contributed by atoms with E-state index in [-0.39, 0.29) is 24.1 Å². The molecule has 0 unspecified atom stereocenters. The van der Waals surface area contributed by atoms with Crippen LogP contribution in [0.25, 0.3) is 0 Å². The highest BCUT2D eigenvalue weighted by molar-refractivity contribution is 5.96. The molecule has 2 aliphatic rings.